The number of nitrogens with one attached hydrogen (secondary N) is 1. The van der Waals surface area contributed by atoms with Gasteiger partial charge in [0.2, 0.25) is 0 Å². The van der Waals surface area contributed by atoms with Crippen LogP contribution in [0.2, 0.25) is 0 Å². The first-order valence-corrected chi connectivity index (χ1v) is 11.6. The number of carbonyl (C=O) groups is 1. The van der Waals surface area contributed by atoms with Crippen molar-refractivity contribution in [2.75, 3.05) is 10.7 Å². The van der Waals surface area contributed by atoms with Gasteiger partial charge in [-0.25, -0.2) is 17.6 Å². The van der Waals surface area contributed by atoms with E-state index in [9.17, 15) is 22.4 Å². The lowest BCUT2D eigenvalue weighted by Gasteiger charge is -2.33. The molecule has 0 atom stereocenters. The molecule has 184 valence electrons. The molecule has 3 aromatic rings. The molecule has 0 unspecified atom stereocenters. The summed E-state index contributed by atoms with van der Waals surface area (Å²) in [4.78, 5) is 15.5. The average Bonchev–Trinajstić information content (AvgIpc) is 2.83. The van der Waals surface area contributed by atoms with Crippen molar-refractivity contribution in [3.8, 4) is 0 Å². The minimum atomic E-state index is -1.07. The van der Waals surface area contributed by atoms with Crippen molar-refractivity contribution in [3.05, 3.63) is 119 Å². The number of halogens is 4. The predicted molar refractivity (Wildman–Crippen MR) is 134 cm³/mol. The largest absolute Gasteiger partial charge is 0.348 e. The second kappa shape index (κ2) is 11.3. The van der Waals surface area contributed by atoms with E-state index in [1.54, 1.807) is 36.0 Å². The number of amides is 1. The summed E-state index contributed by atoms with van der Waals surface area (Å²) in [7, 11) is 0. The maximum absolute atomic E-state index is 14.5. The lowest BCUT2D eigenvalue weighted by molar-refractivity contribution is 0.0950. The number of hydrogen-bond acceptors (Lipinski definition) is 3. The number of anilines is 1. The molecule has 0 spiro atoms. The molecule has 4 rings (SSSR count). The molecular weight excluding hydrogens is 476 g/mol. The van der Waals surface area contributed by atoms with Gasteiger partial charge in [0.1, 0.15) is 23.3 Å². The number of aryl methyl sites for hydroxylation is 1. The van der Waals surface area contributed by atoms with E-state index in [2.05, 4.69) is 25.1 Å². The zero-order valence-electron chi connectivity index (χ0n) is 19.1. The van der Waals surface area contributed by atoms with E-state index < -0.39 is 35.5 Å². The molecule has 0 fully saturated rings. The minimum absolute atomic E-state index is 0. The van der Waals surface area contributed by atoms with Gasteiger partial charge in [-0.3, -0.25) is 4.79 Å². The van der Waals surface area contributed by atoms with Crippen molar-refractivity contribution < 1.29 is 23.8 Å². The highest BCUT2D eigenvalue weighted by Gasteiger charge is 2.24. The van der Waals surface area contributed by atoms with Gasteiger partial charge in [0, 0.05) is 53.1 Å². The van der Waals surface area contributed by atoms with Crippen LogP contribution >= 0.6 is 11.8 Å². The fourth-order valence-electron chi connectivity index (χ4n) is 3.63. The Labute approximate surface area is 207 Å². The quantitative estimate of drug-likeness (QED) is 0.297. The van der Waals surface area contributed by atoms with Crippen LogP contribution in [0.5, 0.6) is 0 Å². The zero-order chi connectivity index (χ0) is 25.7. The van der Waals surface area contributed by atoms with Crippen LogP contribution in [-0.4, -0.2) is 11.7 Å². The molecule has 0 bridgehead atoms. The molecule has 3 aromatic carbocycles. The highest BCUT2D eigenvalue weighted by Crippen LogP contribution is 2.40. The smallest absolute Gasteiger partial charge is 0.251 e. The van der Waals surface area contributed by atoms with Crippen LogP contribution in [-0.2, 0) is 13.1 Å². The Kier molecular flexibility index (Phi) is 8.40. The number of fused-ring (bicyclic) bond motifs is 1. The highest BCUT2D eigenvalue weighted by atomic mass is 32.2. The molecule has 1 aliphatic rings. The van der Waals surface area contributed by atoms with Crippen molar-refractivity contribution >= 4 is 23.4 Å². The molecule has 0 saturated heterocycles. The summed E-state index contributed by atoms with van der Waals surface area (Å²) in [6, 6.07) is 11.1. The van der Waals surface area contributed by atoms with Gasteiger partial charge < -0.3 is 10.2 Å². The number of rotatable bonds is 5. The number of benzene rings is 3. The SMILES string of the molecule is C=C.C=C1CSc2ccc(C(=O)NCc3c(F)cc(F)cc3F)cc2N1Cc1c(C)cccc1F.[HH]. The van der Waals surface area contributed by atoms with Gasteiger partial charge in [0.25, 0.3) is 5.91 Å². The number of carbonyl (C=O) groups excluding carboxylic acids is 1. The Bertz CT molecular complexity index is 1240. The summed E-state index contributed by atoms with van der Waals surface area (Å²) in [5.41, 5.74) is 2.65. The van der Waals surface area contributed by atoms with E-state index in [1.807, 2.05) is 17.9 Å². The lowest BCUT2D eigenvalue weighted by Crippen LogP contribution is -2.28. The van der Waals surface area contributed by atoms with Gasteiger partial charge in [0.05, 0.1) is 12.2 Å². The van der Waals surface area contributed by atoms with Gasteiger partial charge in [-0.1, -0.05) is 18.7 Å². The first kappa shape index (κ1) is 26.1. The van der Waals surface area contributed by atoms with Crippen LogP contribution in [0.4, 0.5) is 23.2 Å². The molecule has 0 radical (unpaired) electrons. The third-order valence-electron chi connectivity index (χ3n) is 5.49. The molecule has 1 N–H and O–H groups in total. The number of hydrogen-bond donors (Lipinski definition) is 1. The average molecular weight is 503 g/mol. The van der Waals surface area contributed by atoms with Gasteiger partial charge in [-0.2, -0.15) is 0 Å². The molecule has 0 saturated carbocycles. The van der Waals surface area contributed by atoms with Crippen LogP contribution in [0.15, 0.2) is 78.9 Å². The van der Waals surface area contributed by atoms with E-state index in [0.29, 0.717) is 29.1 Å². The Morgan fingerprint density at radius 2 is 1.71 bits per heavy atom. The topological polar surface area (TPSA) is 32.3 Å². The monoisotopic (exact) mass is 502 g/mol. The second-order valence-corrected chi connectivity index (χ2v) is 8.71. The van der Waals surface area contributed by atoms with Crippen molar-refractivity contribution in [3.63, 3.8) is 0 Å². The Morgan fingerprint density at radius 3 is 2.37 bits per heavy atom. The fourth-order valence-corrected chi connectivity index (χ4v) is 4.59. The van der Waals surface area contributed by atoms with Gasteiger partial charge in [-0.05, 0) is 36.8 Å². The van der Waals surface area contributed by atoms with Gasteiger partial charge >= 0.3 is 0 Å². The highest BCUT2D eigenvalue weighted by molar-refractivity contribution is 7.99. The van der Waals surface area contributed by atoms with Crippen LogP contribution in [0.3, 0.4) is 0 Å². The maximum Gasteiger partial charge on any atom is 0.251 e. The lowest BCUT2D eigenvalue weighted by atomic mass is 10.1. The molecular formula is C27H26F4N2OS. The van der Waals surface area contributed by atoms with E-state index in [4.69, 9.17) is 0 Å². The van der Waals surface area contributed by atoms with Crippen LogP contribution in [0, 0.1) is 30.2 Å². The van der Waals surface area contributed by atoms with Crippen molar-refractivity contribution in [2.45, 2.75) is 24.9 Å². The zero-order valence-corrected chi connectivity index (χ0v) is 20.0. The third kappa shape index (κ3) is 5.77. The van der Waals surface area contributed by atoms with E-state index >= 15 is 0 Å². The molecule has 0 aliphatic carbocycles. The standard InChI is InChI=1S/C25H20F4N2OS.C2H4.H2/c1-14-4-3-5-20(27)19(14)12-31-15(2)13-33-24-7-6-16(8-23(24)31)25(32)30-11-18-21(28)9-17(26)10-22(18)29;1-2;/h3-10H,2,11-13H2,1H3,(H,30,32);1-2H2;1H. The van der Waals surface area contributed by atoms with Gasteiger partial charge in [0.15, 0.2) is 0 Å². The summed E-state index contributed by atoms with van der Waals surface area (Å²) in [6.45, 7) is 11.7. The minimum Gasteiger partial charge on any atom is -0.348 e. The Morgan fingerprint density at radius 1 is 1.03 bits per heavy atom. The first-order valence-electron chi connectivity index (χ1n) is 10.6. The van der Waals surface area contributed by atoms with E-state index in [1.165, 1.54) is 6.07 Å². The summed E-state index contributed by atoms with van der Waals surface area (Å²) < 4.78 is 55.3. The summed E-state index contributed by atoms with van der Waals surface area (Å²) in [5, 5.41) is 2.47. The van der Waals surface area contributed by atoms with Crippen molar-refractivity contribution in [2.24, 2.45) is 0 Å². The summed E-state index contributed by atoms with van der Waals surface area (Å²) in [5.74, 6) is -3.42. The molecule has 1 heterocycles. The predicted octanol–water partition coefficient (Wildman–Crippen LogP) is 7.16. The molecule has 0 aromatic heterocycles. The van der Waals surface area contributed by atoms with Crippen LogP contribution in [0.25, 0.3) is 0 Å². The molecule has 3 nitrogen and oxygen atoms in total. The summed E-state index contributed by atoms with van der Waals surface area (Å²) >= 11 is 1.55. The molecule has 1 aliphatic heterocycles. The van der Waals surface area contributed by atoms with E-state index in [-0.39, 0.29) is 19.4 Å². The van der Waals surface area contributed by atoms with E-state index in [0.717, 1.165) is 16.2 Å². The Balaban J connectivity index is 0.00000148. The van der Waals surface area contributed by atoms with Crippen LogP contribution < -0.4 is 10.2 Å². The third-order valence-corrected chi connectivity index (χ3v) is 6.62. The molecule has 35 heavy (non-hydrogen) atoms. The number of thioether (sulfide) groups is 1. The molecule has 8 heteroatoms. The molecule has 1 amide bonds. The van der Waals surface area contributed by atoms with Crippen molar-refractivity contribution in [1.82, 2.24) is 5.32 Å². The fraction of sp³-hybridized carbons (Fsp3) is 0.148. The Hall–Kier alpha value is -3.52. The second-order valence-electron chi connectivity index (χ2n) is 7.69. The number of nitrogens with zero attached hydrogens (tertiary/aromatic N) is 1. The normalized spacial score (nSPS) is 12.5. The van der Waals surface area contributed by atoms with Crippen molar-refractivity contribution in [1.29, 1.82) is 0 Å². The van der Waals surface area contributed by atoms with Gasteiger partial charge in [-0.15, -0.1) is 24.9 Å². The summed E-state index contributed by atoms with van der Waals surface area (Å²) in [6.07, 6.45) is 0. The maximum atomic E-state index is 14.5. The first-order chi connectivity index (χ1) is 16.7. The van der Waals surface area contributed by atoms with Crippen LogP contribution in [0.1, 0.15) is 28.5 Å².